The van der Waals surface area contributed by atoms with Gasteiger partial charge in [0.25, 0.3) is 0 Å². The van der Waals surface area contributed by atoms with Crippen molar-refractivity contribution in [2.24, 2.45) is 5.92 Å². The summed E-state index contributed by atoms with van der Waals surface area (Å²) >= 11 is 3.51. The largest absolute Gasteiger partial charge is 0.272 e. The Morgan fingerprint density at radius 3 is 2.81 bits per heavy atom. The average Bonchev–Trinajstić information content (AvgIpc) is 3.15. The van der Waals surface area contributed by atoms with E-state index in [1.54, 1.807) is 0 Å². The van der Waals surface area contributed by atoms with Crippen LogP contribution >= 0.6 is 15.9 Å². The fourth-order valence-corrected chi connectivity index (χ4v) is 3.43. The second kappa shape index (κ2) is 7.61. The first-order chi connectivity index (χ1) is 13.1. The Bertz CT molecular complexity index is 1080. The smallest absolute Gasteiger partial charge is 0.106 e. The van der Waals surface area contributed by atoms with Crippen LogP contribution in [-0.4, -0.2) is 19.7 Å². The summed E-state index contributed by atoms with van der Waals surface area (Å²) in [4.78, 5) is 9.24. The molecule has 0 N–H and O–H groups in total. The number of halogens is 1. The Morgan fingerprint density at radius 1 is 1.07 bits per heavy atom. The molecule has 27 heavy (non-hydrogen) atoms. The van der Waals surface area contributed by atoms with Crippen LogP contribution in [0.4, 0.5) is 0 Å². The van der Waals surface area contributed by atoms with Gasteiger partial charge in [-0.25, -0.2) is 4.98 Å². The molecule has 0 unspecified atom stereocenters. The summed E-state index contributed by atoms with van der Waals surface area (Å²) in [5.41, 5.74) is 5.10. The first-order valence-corrected chi connectivity index (χ1v) is 9.94. The van der Waals surface area contributed by atoms with Gasteiger partial charge in [-0.2, -0.15) is 5.10 Å². The Balaban J connectivity index is 1.76. The summed E-state index contributed by atoms with van der Waals surface area (Å²) in [5, 5.41) is 5.66. The van der Waals surface area contributed by atoms with Gasteiger partial charge < -0.3 is 0 Å². The van der Waals surface area contributed by atoms with E-state index in [1.807, 2.05) is 29.2 Å². The molecule has 0 aliphatic rings. The summed E-state index contributed by atoms with van der Waals surface area (Å²) in [6.45, 7) is 5.39. The van der Waals surface area contributed by atoms with Crippen molar-refractivity contribution in [3.63, 3.8) is 0 Å². The van der Waals surface area contributed by atoms with E-state index >= 15 is 0 Å². The van der Waals surface area contributed by atoms with Gasteiger partial charge in [-0.3, -0.25) is 9.67 Å². The van der Waals surface area contributed by atoms with Crippen molar-refractivity contribution < 1.29 is 0 Å². The molecular formula is C22H21BrN4. The topological polar surface area (TPSA) is 43.6 Å². The maximum absolute atomic E-state index is 4.76. The lowest BCUT2D eigenvalue weighted by Crippen LogP contribution is -2.01. The van der Waals surface area contributed by atoms with Crippen LogP contribution in [0.3, 0.4) is 0 Å². The van der Waals surface area contributed by atoms with Gasteiger partial charge in [-0.15, -0.1) is 0 Å². The van der Waals surface area contributed by atoms with Gasteiger partial charge in [0.05, 0.1) is 17.4 Å². The highest BCUT2D eigenvalue weighted by Crippen LogP contribution is 2.33. The van der Waals surface area contributed by atoms with Crippen molar-refractivity contribution in [3.8, 4) is 22.4 Å². The SMILES string of the molecule is CC(C)CCn1cc(-c2ccc(Br)nc2-c2ccc3cccnc3c2)cn1. The Labute approximate surface area is 167 Å². The quantitative estimate of drug-likeness (QED) is 0.373. The van der Waals surface area contributed by atoms with Gasteiger partial charge in [0.1, 0.15) is 4.60 Å². The molecular weight excluding hydrogens is 400 g/mol. The Kier molecular flexibility index (Phi) is 5.03. The Morgan fingerprint density at radius 2 is 1.96 bits per heavy atom. The van der Waals surface area contributed by atoms with E-state index in [4.69, 9.17) is 4.98 Å². The number of pyridine rings is 2. The van der Waals surface area contributed by atoms with Crippen LogP contribution in [0.15, 0.2) is 65.7 Å². The lowest BCUT2D eigenvalue weighted by Gasteiger charge is -2.09. The van der Waals surface area contributed by atoms with Crippen molar-refractivity contribution in [1.29, 1.82) is 0 Å². The van der Waals surface area contributed by atoms with E-state index in [-0.39, 0.29) is 0 Å². The fraction of sp³-hybridized carbons (Fsp3) is 0.227. The van der Waals surface area contributed by atoms with Crippen LogP contribution in [0.1, 0.15) is 20.3 Å². The minimum Gasteiger partial charge on any atom is -0.272 e. The van der Waals surface area contributed by atoms with Crippen molar-refractivity contribution >= 4 is 26.8 Å². The lowest BCUT2D eigenvalue weighted by molar-refractivity contribution is 0.487. The predicted molar refractivity (Wildman–Crippen MR) is 113 cm³/mol. The molecule has 4 aromatic rings. The first-order valence-electron chi connectivity index (χ1n) is 9.14. The molecule has 0 aliphatic heterocycles. The predicted octanol–water partition coefficient (Wildman–Crippen LogP) is 5.97. The molecule has 0 saturated heterocycles. The number of hydrogen-bond donors (Lipinski definition) is 0. The molecule has 4 rings (SSSR count). The van der Waals surface area contributed by atoms with Crippen molar-refractivity contribution in [3.05, 3.63) is 65.7 Å². The first kappa shape index (κ1) is 17.9. The van der Waals surface area contributed by atoms with E-state index < -0.39 is 0 Å². The summed E-state index contributed by atoms with van der Waals surface area (Å²) < 4.78 is 2.83. The summed E-state index contributed by atoms with van der Waals surface area (Å²) in [6, 6.07) is 14.4. The standard InChI is InChI=1S/C22H21BrN4/c1-15(2)9-11-27-14-18(13-25-27)19-7-8-21(23)26-22(19)17-6-5-16-4-3-10-24-20(16)12-17/h3-8,10,12-15H,9,11H2,1-2H3. The Hall–Kier alpha value is -2.53. The van der Waals surface area contributed by atoms with Crippen molar-refractivity contribution in [2.75, 3.05) is 0 Å². The summed E-state index contributed by atoms with van der Waals surface area (Å²) in [6.07, 6.45) is 6.97. The van der Waals surface area contributed by atoms with Crippen molar-refractivity contribution in [1.82, 2.24) is 19.7 Å². The molecule has 5 heteroatoms. The molecule has 0 bridgehead atoms. The molecule has 0 fully saturated rings. The van der Waals surface area contributed by atoms with Gasteiger partial charge in [-0.1, -0.05) is 32.0 Å². The minimum absolute atomic E-state index is 0.660. The highest BCUT2D eigenvalue weighted by atomic mass is 79.9. The second-order valence-electron chi connectivity index (χ2n) is 7.12. The maximum atomic E-state index is 4.76. The van der Waals surface area contributed by atoms with Gasteiger partial charge >= 0.3 is 0 Å². The van der Waals surface area contributed by atoms with Crippen molar-refractivity contribution in [2.45, 2.75) is 26.8 Å². The third kappa shape index (κ3) is 3.93. The van der Waals surface area contributed by atoms with Gasteiger partial charge in [0.15, 0.2) is 0 Å². The normalized spacial score (nSPS) is 11.4. The zero-order valence-electron chi connectivity index (χ0n) is 15.4. The summed E-state index contributed by atoms with van der Waals surface area (Å²) in [7, 11) is 0. The lowest BCUT2D eigenvalue weighted by atomic mass is 10.0. The molecule has 0 radical (unpaired) electrons. The fourth-order valence-electron chi connectivity index (χ4n) is 3.12. The molecule has 0 aliphatic carbocycles. The van der Waals surface area contributed by atoms with Crippen LogP contribution in [-0.2, 0) is 6.54 Å². The number of aryl methyl sites for hydroxylation is 1. The van der Waals surface area contributed by atoms with Crippen LogP contribution in [0.25, 0.3) is 33.3 Å². The molecule has 0 saturated carbocycles. The third-order valence-electron chi connectivity index (χ3n) is 4.62. The maximum Gasteiger partial charge on any atom is 0.106 e. The minimum atomic E-state index is 0.660. The molecule has 0 atom stereocenters. The van der Waals surface area contributed by atoms with E-state index in [9.17, 15) is 0 Å². The highest BCUT2D eigenvalue weighted by molar-refractivity contribution is 9.10. The molecule has 1 aromatic carbocycles. The average molecular weight is 421 g/mol. The molecule has 136 valence electrons. The van der Waals surface area contributed by atoms with E-state index in [1.165, 1.54) is 0 Å². The number of nitrogens with zero attached hydrogens (tertiary/aromatic N) is 4. The van der Waals surface area contributed by atoms with Crippen LogP contribution in [0.5, 0.6) is 0 Å². The second-order valence-corrected chi connectivity index (χ2v) is 7.93. The van der Waals surface area contributed by atoms with E-state index in [0.717, 1.165) is 50.9 Å². The van der Waals surface area contributed by atoms with Gasteiger partial charge in [0.2, 0.25) is 0 Å². The number of fused-ring (bicyclic) bond motifs is 1. The molecule has 0 spiro atoms. The number of rotatable bonds is 5. The zero-order valence-corrected chi connectivity index (χ0v) is 17.0. The van der Waals surface area contributed by atoms with Gasteiger partial charge in [0, 0.05) is 41.0 Å². The van der Waals surface area contributed by atoms with Crippen LogP contribution in [0.2, 0.25) is 0 Å². The number of aromatic nitrogens is 4. The highest BCUT2D eigenvalue weighted by Gasteiger charge is 2.13. The van der Waals surface area contributed by atoms with E-state index in [2.05, 4.69) is 76.4 Å². The van der Waals surface area contributed by atoms with E-state index in [0.29, 0.717) is 5.92 Å². The van der Waals surface area contributed by atoms with Crippen LogP contribution in [0, 0.1) is 5.92 Å². The number of benzene rings is 1. The molecule has 3 aromatic heterocycles. The van der Waals surface area contributed by atoms with Gasteiger partial charge in [-0.05, 0) is 52.5 Å². The van der Waals surface area contributed by atoms with Crippen LogP contribution < -0.4 is 0 Å². The molecule has 3 heterocycles. The molecule has 4 nitrogen and oxygen atoms in total. The summed E-state index contributed by atoms with van der Waals surface area (Å²) in [5.74, 6) is 0.660. The zero-order chi connectivity index (χ0) is 18.8. The third-order valence-corrected chi connectivity index (χ3v) is 5.06. The number of hydrogen-bond acceptors (Lipinski definition) is 3. The molecule has 0 amide bonds. The monoisotopic (exact) mass is 420 g/mol.